The van der Waals surface area contributed by atoms with Gasteiger partial charge in [0.2, 0.25) is 0 Å². The Morgan fingerprint density at radius 1 is 1.05 bits per heavy atom. The minimum atomic E-state index is -0.671. The molecule has 2 heterocycles. The predicted molar refractivity (Wildman–Crippen MR) is 144 cm³/mol. The summed E-state index contributed by atoms with van der Waals surface area (Å²) < 4.78 is 11.2. The Morgan fingerprint density at radius 2 is 1.76 bits per heavy atom. The third-order valence-corrected chi connectivity index (χ3v) is 6.97. The third-order valence-electron chi connectivity index (χ3n) is 6.97. The van der Waals surface area contributed by atoms with Crippen molar-refractivity contribution in [1.29, 1.82) is 0 Å². The van der Waals surface area contributed by atoms with Gasteiger partial charge in [-0.2, -0.15) is 0 Å². The second-order valence-electron chi connectivity index (χ2n) is 10.7. The van der Waals surface area contributed by atoms with Crippen molar-refractivity contribution < 1.29 is 24.2 Å². The van der Waals surface area contributed by atoms with E-state index >= 15 is 0 Å². The summed E-state index contributed by atoms with van der Waals surface area (Å²) in [7, 11) is 0. The highest BCUT2D eigenvalue weighted by Gasteiger charge is 2.46. The van der Waals surface area contributed by atoms with Crippen LogP contribution < -0.4 is 4.74 Å². The molecule has 0 aromatic heterocycles. The topological polar surface area (TPSA) is 79.3 Å². The van der Waals surface area contributed by atoms with Crippen molar-refractivity contribution in [2.45, 2.75) is 45.6 Å². The van der Waals surface area contributed by atoms with Gasteiger partial charge in [0.15, 0.2) is 0 Å². The number of benzene rings is 2. The normalized spacial score (nSPS) is 20.4. The zero-order valence-electron chi connectivity index (χ0n) is 22.3. The van der Waals surface area contributed by atoms with Gasteiger partial charge in [0, 0.05) is 31.7 Å². The molecule has 7 heteroatoms. The van der Waals surface area contributed by atoms with Gasteiger partial charge in [0.25, 0.3) is 11.7 Å². The number of rotatable bonds is 8. The van der Waals surface area contributed by atoms with Crippen LogP contribution in [0.25, 0.3) is 5.76 Å². The number of hydrogen-bond donors (Lipinski definition) is 1. The van der Waals surface area contributed by atoms with Gasteiger partial charge in [0.1, 0.15) is 11.5 Å². The molecule has 7 nitrogen and oxygen atoms in total. The summed E-state index contributed by atoms with van der Waals surface area (Å²) in [5.74, 6) is -0.819. The zero-order chi connectivity index (χ0) is 26.6. The van der Waals surface area contributed by atoms with Crippen molar-refractivity contribution in [3.8, 4) is 5.75 Å². The van der Waals surface area contributed by atoms with Crippen LogP contribution in [0, 0.1) is 0 Å². The molecule has 2 aromatic carbocycles. The number of carbonyl (C=O) groups is 2. The van der Waals surface area contributed by atoms with Gasteiger partial charge in [0.05, 0.1) is 31.4 Å². The lowest BCUT2D eigenvalue weighted by atomic mass is 9.85. The second-order valence-corrected chi connectivity index (χ2v) is 10.7. The van der Waals surface area contributed by atoms with Crippen LogP contribution in [0.2, 0.25) is 0 Å². The number of likely N-dealkylation sites (tertiary alicyclic amines) is 1. The van der Waals surface area contributed by atoms with Gasteiger partial charge < -0.3 is 19.5 Å². The fourth-order valence-corrected chi connectivity index (χ4v) is 4.81. The molecule has 2 aromatic rings. The summed E-state index contributed by atoms with van der Waals surface area (Å²) in [5, 5.41) is 11.4. The lowest BCUT2D eigenvalue weighted by Crippen LogP contribution is -2.42. The Balaban J connectivity index is 1.73. The van der Waals surface area contributed by atoms with Gasteiger partial charge in [-0.25, -0.2) is 0 Å². The molecule has 1 atom stereocenters. The van der Waals surface area contributed by atoms with Gasteiger partial charge in [-0.1, -0.05) is 64.1 Å². The molecule has 1 N–H and O–H groups in total. The van der Waals surface area contributed by atoms with Crippen LogP contribution in [0.5, 0.6) is 5.75 Å². The van der Waals surface area contributed by atoms with Crippen molar-refractivity contribution in [2.75, 3.05) is 46.0 Å². The third kappa shape index (κ3) is 6.05. The first-order valence-electron chi connectivity index (χ1n) is 13.1. The first-order valence-corrected chi connectivity index (χ1v) is 13.1. The van der Waals surface area contributed by atoms with Crippen LogP contribution >= 0.6 is 0 Å². The van der Waals surface area contributed by atoms with Crippen LogP contribution in [-0.2, 0) is 19.7 Å². The van der Waals surface area contributed by atoms with E-state index in [1.165, 1.54) is 0 Å². The number of carbonyl (C=O) groups excluding carboxylic acids is 2. The van der Waals surface area contributed by atoms with Gasteiger partial charge in [-0.15, -0.1) is 0 Å². The second kappa shape index (κ2) is 11.5. The maximum absolute atomic E-state index is 13.4. The molecule has 0 bridgehead atoms. The summed E-state index contributed by atoms with van der Waals surface area (Å²) >= 11 is 0. The fraction of sp³-hybridized carbons (Fsp3) is 0.467. The number of amides is 1. The number of aliphatic hydroxyl groups excluding tert-OH is 1. The molecule has 198 valence electrons. The van der Waals surface area contributed by atoms with Gasteiger partial charge in [-0.3, -0.25) is 14.5 Å². The lowest BCUT2D eigenvalue weighted by molar-refractivity contribution is -0.140. The average molecular weight is 507 g/mol. The standard InChI is InChI=1S/C30H38N2O5/c1-5-17-37-24-8-6-7-22(20-24)27(33)25-26(21-9-11-23(12-10-21)30(2,3)4)32(29(35)28(25)34)14-13-31-15-18-36-19-16-31/h6-12,20,26,33H,5,13-19H2,1-4H3. The van der Waals surface area contributed by atoms with E-state index in [1.54, 1.807) is 23.1 Å². The Kier molecular flexibility index (Phi) is 8.35. The van der Waals surface area contributed by atoms with Crippen LogP contribution in [0.1, 0.15) is 56.8 Å². The molecule has 0 spiro atoms. The minimum Gasteiger partial charge on any atom is -0.507 e. The van der Waals surface area contributed by atoms with Gasteiger partial charge in [-0.05, 0) is 35.1 Å². The number of ether oxygens (including phenoxy) is 2. The summed E-state index contributed by atoms with van der Waals surface area (Å²) in [4.78, 5) is 30.5. The molecular formula is C30H38N2O5. The van der Waals surface area contributed by atoms with E-state index in [0.29, 0.717) is 44.2 Å². The average Bonchev–Trinajstić information content (AvgIpc) is 3.15. The molecule has 0 aliphatic carbocycles. The van der Waals surface area contributed by atoms with Crippen molar-refractivity contribution in [3.05, 3.63) is 70.8 Å². The minimum absolute atomic E-state index is 0.0321. The predicted octanol–water partition coefficient (Wildman–Crippen LogP) is 4.53. The first-order chi connectivity index (χ1) is 17.7. The molecule has 0 radical (unpaired) electrons. The lowest BCUT2D eigenvalue weighted by Gasteiger charge is -2.31. The fourth-order valence-electron chi connectivity index (χ4n) is 4.81. The highest BCUT2D eigenvalue weighted by molar-refractivity contribution is 6.46. The summed E-state index contributed by atoms with van der Waals surface area (Å²) in [6.45, 7) is 12.9. The number of ketones is 1. The van der Waals surface area contributed by atoms with Crippen molar-refractivity contribution in [2.24, 2.45) is 0 Å². The van der Waals surface area contributed by atoms with E-state index in [-0.39, 0.29) is 16.7 Å². The highest BCUT2D eigenvalue weighted by Crippen LogP contribution is 2.40. The molecule has 2 saturated heterocycles. The Bertz CT molecular complexity index is 1140. The van der Waals surface area contributed by atoms with Crippen molar-refractivity contribution >= 4 is 17.4 Å². The van der Waals surface area contributed by atoms with Crippen LogP contribution in [-0.4, -0.2) is 72.6 Å². The molecular weight excluding hydrogens is 468 g/mol. The molecule has 37 heavy (non-hydrogen) atoms. The van der Waals surface area contributed by atoms with E-state index in [9.17, 15) is 14.7 Å². The van der Waals surface area contributed by atoms with E-state index in [0.717, 1.165) is 30.6 Å². The highest BCUT2D eigenvalue weighted by atomic mass is 16.5. The molecule has 0 saturated carbocycles. The summed E-state index contributed by atoms with van der Waals surface area (Å²) in [6, 6.07) is 14.4. The number of hydrogen-bond acceptors (Lipinski definition) is 6. The van der Waals surface area contributed by atoms with E-state index in [2.05, 4.69) is 25.7 Å². The van der Waals surface area contributed by atoms with Crippen LogP contribution in [0.15, 0.2) is 54.1 Å². The Hall–Kier alpha value is -3.16. The Morgan fingerprint density at radius 3 is 2.41 bits per heavy atom. The first kappa shape index (κ1) is 26.9. The Labute approximate surface area is 219 Å². The van der Waals surface area contributed by atoms with Crippen molar-refractivity contribution in [1.82, 2.24) is 9.80 Å². The van der Waals surface area contributed by atoms with Crippen LogP contribution in [0.3, 0.4) is 0 Å². The van der Waals surface area contributed by atoms with Crippen LogP contribution in [0.4, 0.5) is 0 Å². The number of nitrogens with zero attached hydrogens (tertiary/aromatic N) is 2. The maximum atomic E-state index is 13.4. The largest absolute Gasteiger partial charge is 0.507 e. The van der Waals surface area contributed by atoms with Gasteiger partial charge >= 0.3 is 0 Å². The molecule has 4 rings (SSSR count). The molecule has 1 amide bonds. The smallest absolute Gasteiger partial charge is 0.295 e. The maximum Gasteiger partial charge on any atom is 0.295 e. The molecule has 2 aliphatic rings. The number of Topliss-reactive ketones (excluding diaryl/α,β-unsaturated/α-hetero) is 1. The summed E-state index contributed by atoms with van der Waals surface area (Å²) in [6.07, 6.45) is 0.856. The zero-order valence-corrected chi connectivity index (χ0v) is 22.3. The van der Waals surface area contributed by atoms with E-state index in [1.807, 2.05) is 37.3 Å². The monoisotopic (exact) mass is 506 g/mol. The van der Waals surface area contributed by atoms with Crippen molar-refractivity contribution in [3.63, 3.8) is 0 Å². The quantitative estimate of drug-likeness (QED) is 0.322. The SMILES string of the molecule is CCCOc1cccc(C(O)=C2C(=O)C(=O)N(CCN3CCOCC3)C2c2ccc(C(C)(C)C)cc2)c1. The summed E-state index contributed by atoms with van der Waals surface area (Å²) in [5.41, 5.74) is 2.49. The van der Waals surface area contributed by atoms with E-state index in [4.69, 9.17) is 9.47 Å². The number of aliphatic hydroxyl groups is 1. The number of morpholine rings is 1. The van der Waals surface area contributed by atoms with E-state index < -0.39 is 17.7 Å². The molecule has 2 fully saturated rings. The molecule has 1 unspecified atom stereocenters. The molecule has 2 aliphatic heterocycles.